The fraction of sp³-hybridized carbons (Fsp3) is 0.111. The standard InChI is InChI=1S/C18H15Br2N3S/c1-2-10-23-17(14-4-3-5-16(20)11-14)21-22-18(23)24-12-13-6-8-15(19)9-7-13/h2-9,11H,1,10,12H2. The number of thioether (sulfide) groups is 1. The molecule has 3 rings (SSSR count). The van der Waals surface area contributed by atoms with Crippen molar-refractivity contribution in [2.24, 2.45) is 0 Å². The van der Waals surface area contributed by atoms with Gasteiger partial charge in [0.1, 0.15) is 0 Å². The molecule has 0 fully saturated rings. The monoisotopic (exact) mass is 463 g/mol. The van der Waals surface area contributed by atoms with E-state index in [2.05, 4.69) is 77.5 Å². The highest BCUT2D eigenvalue weighted by Crippen LogP contribution is 2.28. The predicted molar refractivity (Wildman–Crippen MR) is 107 cm³/mol. The van der Waals surface area contributed by atoms with Crippen molar-refractivity contribution in [1.29, 1.82) is 0 Å². The van der Waals surface area contributed by atoms with Gasteiger partial charge in [-0.2, -0.15) is 0 Å². The topological polar surface area (TPSA) is 30.7 Å². The van der Waals surface area contributed by atoms with Gasteiger partial charge < -0.3 is 0 Å². The molecule has 1 aromatic heterocycles. The summed E-state index contributed by atoms with van der Waals surface area (Å²) in [7, 11) is 0. The first kappa shape index (κ1) is 17.5. The Morgan fingerprint density at radius 3 is 2.54 bits per heavy atom. The molecule has 0 aliphatic carbocycles. The van der Waals surface area contributed by atoms with E-state index in [1.54, 1.807) is 11.8 Å². The second-order valence-corrected chi connectivity index (χ2v) is 7.90. The van der Waals surface area contributed by atoms with E-state index in [1.807, 2.05) is 30.3 Å². The van der Waals surface area contributed by atoms with Crippen LogP contribution >= 0.6 is 43.6 Å². The molecule has 3 nitrogen and oxygen atoms in total. The number of rotatable bonds is 6. The summed E-state index contributed by atoms with van der Waals surface area (Å²) in [4.78, 5) is 0. The molecule has 0 saturated carbocycles. The fourth-order valence-corrected chi connectivity index (χ4v) is 3.83. The fourth-order valence-electron chi connectivity index (χ4n) is 2.26. The van der Waals surface area contributed by atoms with Crippen molar-refractivity contribution in [3.05, 3.63) is 75.7 Å². The number of hydrogen-bond donors (Lipinski definition) is 0. The Balaban J connectivity index is 1.85. The molecule has 0 spiro atoms. The van der Waals surface area contributed by atoms with Crippen LogP contribution in [0, 0.1) is 0 Å². The van der Waals surface area contributed by atoms with E-state index in [0.717, 1.165) is 31.2 Å². The molecule has 0 saturated heterocycles. The summed E-state index contributed by atoms with van der Waals surface area (Å²) in [6.45, 7) is 4.53. The molecule has 24 heavy (non-hydrogen) atoms. The lowest BCUT2D eigenvalue weighted by Gasteiger charge is -2.08. The first-order chi connectivity index (χ1) is 11.7. The Labute approximate surface area is 162 Å². The highest BCUT2D eigenvalue weighted by atomic mass is 79.9. The third kappa shape index (κ3) is 4.18. The highest BCUT2D eigenvalue weighted by Gasteiger charge is 2.13. The zero-order valence-corrected chi connectivity index (χ0v) is 16.8. The molecular formula is C18H15Br2N3S. The molecule has 2 aromatic carbocycles. The van der Waals surface area contributed by atoms with Gasteiger partial charge in [-0.15, -0.1) is 16.8 Å². The third-order valence-electron chi connectivity index (χ3n) is 3.39. The Hall–Kier alpha value is -1.37. The summed E-state index contributed by atoms with van der Waals surface area (Å²) < 4.78 is 4.21. The molecule has 0 aliphatic rings. The normalized spacial score (nSPS) is 10.8. The van der Waals surface area contributed by atoms with E-state index in [9.17, 15) is 0 Å². The molecule has 0 N–H and O–H groups in total. The van der Waals surface area contributed by atoms with E-state index in [0.29, 0.717) is 6.54 Å². The van der Waals surface area contributed by atoms with Gasteiger partial charge in [-0.3, -0.25) is 4.57 Å². The Morgan fingerprint density at radius 2 is 1.83 bits per heavy atom. The van der Waals surface area contributed by atoms with E-state index in [-0.39, 0.29) is 0 Å². The second kappa shape index (κ2) is 8.14. The van der Waals surface area contributed by atoms with Crippen LogP contribution in [0.5, 0.6) is 0 Å². The molecule has 3 aromatic rings. The van der Waals surface area contributed by atoms with Gasteiger partial charge in [0.05, 0.1) is 0 Å². The smallest absolute Gasteiger partial charge is 0.192 e. The minimum atomic E-state index is 0.678. The SMILES string of the molecule is C=CCn1c(SCc2ccc(Br)cc2)nnc1-c1cccc(Br)c1. The zero-order chi connectivity index (χ0) is 16.9. The molecule has 0 atom stereocenters. The minimum absolute atomic E-state index is 0.678. The van der Waals surface area contributed by atoms with Crippen LogP contribution in [0.4, 0.5) is 0 Å². The van der Waals surface area contributed by atoms with Crippen LogP contribution in [-0.4, -0.2) is 14.8 Å². The van der Waals surface area contributed by atoms with E-state index in [4.69, 9.17) is 0 Å². The quantitative estimate of drug-likeness (QED) is 0.333. The van der Waals surface area contributed by atoms with E-state index in [1.165, 1.54) is 5.56 Å². The van der Waals surface area contributed by atoms with Crippen LogP contribution in [0.3, 0.4) is 0 Å². The van der Waals surface area contributed by atoms with Crippen LogP contribution in [0.25, 0.3) is 11.4 Å². The van der Waals surface area contributed by atoms with Gasteiger partial charge in [-0.05, 0) is 29.8 Å². The van der Waals surface area contributed by atoms with E-state index < -0.39 is 0 Å². The van der Waals surface area contributed by atoms with Gasteiger partial charge in [-0.25, -0.2) is 0 Å². The van der Waals surface area contributed by atoms with Gasteiger partial charge in [-0.1, -0.05) is 74.0 Å². The largest absolute Gasteiger partial charge is 0.298 e. The summed E-state index contributed by atoms with van der Waals surface area (Å²) in [6.07, 6.45) is 1.87. The van der Waals surface area contributed by atoms with Crippen LogP contribution in [0.1, 0.15) is 5.56 Å². The van der Waals surface area contributed by atoms with Gasteiger partial charge in [0, 0.05) is 26.8 Å². The Bertz CT molecular complexity index is 844. The van der Waals surface area contributed by atoms with Crippen LogP contribution < -0.4 is 0 Å². The van der Waals surface area contributed by atoms with Crippen molar-refractivity contribution in [2.75, 3.05) is 0 Å². The Morgan fingerprint density at radius 1 is 1.04 bits per heavy atom. The van der Waals surface area contributed by atoms with Crippen LogP contribution in [-0.2, 0) is 12.3 Å². The van der Waals surface area contributed by atoms with Crippen molar-refractivity contribution < 1.29 is 0 Å². The molecule has 0 aliphatic heterocycles. The van der Waals surface area contributed by atoms with Gasteiger partial charge in [0.25, 0.3) is 0 Å². The molecule has 1 heterocycles. The summed E-state index contributed by atoms with van der Waals surface area (Å²) in [5.74, 6) is 1.70. The van der Waals surface area contributed by atoms with E-state index >= 15 is 0 Å². The first-order valence-corrected chi connectivity index (χ1v) is 9.92. The summed E-state index contributed by atoms with van der Waals surface area (Å²) in [6, 6.07) is 16.4. The van der Waals surface area contributed by atoms with Crippen molar-refractivity contribution >= 4 is 43.6 Å². The van der Waals surface area contributed by atoms with Crippen LogP contribution in [0.15, 0.2) is 75.3 Å². The lowest BCUT2D eigenvalue weighted by atomic mass is 10.2. The Kier molecular flexibility index (Phi) is 5.92. The third-order valence-corrected chi connectivity index (χ3v) is 5.45. The molecule has 122 valence electrons. The van der Waals surface area contributed by atoms with Crippen molar-refractivity contribution in [2.45, 2.75) is 17.5 Å². The summed E-state index contributed by atoms with van der Waals surface area (Å²) in [5.41, 5.74) is 2.29. The molecule has 0 amide bonds. The zero-order valence-electron chi connectivity index (χ0n) is 12.8. The number of benzene rings is 2. The average Bonchev–Trinajstić information content (AvgIpc) is 2.98. The summed E-state index contributed by atoms with van der Waals surface area (Å²) in [5, 5.41) is 9.66. The summed E-state index contributed by atoms with van der Waals surface area (Å²) >= 11 is 8.65. The number of hydrogen-bond acceptors (Lipinski definition) is 3. The van der Waals surface area contributed by atoms with Gasteiger partial charge in [0.15, 0.2) is 11.0 Å². The van der Waals surface area contributed by atoms with Crippen molar-refractivity contribution in [3.8, 4) is 11.4 Å². The number of aromatic nitrogens is 3. The maximum Gasteiger partial charge on any atom is 0.192 e. The number of allylic oxidation sites excluding steroid dienone is 1. The molecule has 0 unspecified atom stereocenters. The minimum Gasteiger partial charge on any atom is -0.298 e. The first-order valence-electron chi connectivity index (χ1n) is 7.34. The molecule has 6 heteroatoms. The highest BCUT2D eigenvalue weighted by molar-refractivity contribution is 9.10. The van der Waals surface area contributed by atoms with Gasteiger partial charge >= 0.3 is 0 Å². The van der Waals surface area contributed by atoms with Gasteiger partial charge in [0.2, 0.25) is 0 Å². The maximum absolute atomic E-state index is 4.39. The van der Waals surface area contributed by atoms with Crippen molar-refractivity contribution in [3.63, 3.8) is 0 Å². The maximum atomic E-state index is 4.39. The molecular weight excluding hydrogens is 450 g/mol. The number of nitrogens with zero attached hydrogens (tertiary/aromatic N) is 3. The average molecular weight is 465 g/mol. The number of halogens is 2. The van der Waals surface area contributed by atoms with Crippen LogP contribution in [0.2, 0.25) is 0 Å². The second-order valence-electron chi connectivity index (χ2n) is 5.13. The molecule has 0 radical (unpaired) electrons. The predicted octanol–water partition coefficient (Wildman–Crippen LogP) is 5.95. The van der Waals surface area contributed by atoms with Crippen molar-refractivity contribution in [1.82, 2.24) is 14.8 Å². The molecule has 0 bridgehead atoms. The lowest BCUT2D eigenvalue weighted by molar-refractivity contribution is 0.731. The lowest BCUT2D eigenvalue weighted by Crippen LogP contribution is -2.00.